The maximum atomic E-state index is 5.27. The van der Waals surface area contributed by atoms with Crippen LogP contribution in [0.3, 0.4) is 0 Å². The van der Waals surface area contributed by atoms with Gasteiger partial charge < -0.3 is 5.32 Å². The molecule has 0 aliphatic heterocycles. The number of aromatic nitrogens is 3. The second-order valence-corrected chi connectivity index (χ2v) is 2.82. The van der Waals surface area contributed by atoms with Gasteiger partial charge in [0.05, 0.1) is 7.11 Å². The Morgan fingerprint density at radius 3 is 2.88 bits per heavy atom. The predicted molar refractivity (Wildman–Crippen MR) is 60.5 cm³/mol. The lowest BCUT2D eigenvalue weighted by Gasteiger charge is -2.15. The molecular weight excluding hydrogens is 208 g/mol. The maximum Gasteiger partial charge on any atom is 0.254 e. The summed E-state index contributed by atoms with van der Waals surface area (Å²) >= 11 is 0. The molecule has 1 aromatic rings. The van der Waals surface area contributed by atoms with E-state index in [0.29, 0.717) is 11.9 Å². The van der Waals surface area contributed by atoms with E-state index in [4.69, 9.17) is 11.3 Å². The first kappa shape index (κ1) is 12.2. The molecule has 0 fully saturated rings. The van der Waals surface area contributed by atoms with Gasteiger partial charge in [0.1, 0.15) is 12.5 Å². The first-order valence-corrected chi connectivity index (χ1v) is 4.58. The summed E-state index contributed by atoms with van der Waals surface area (Å²) < 4.78 is 0. The van der Waals surface area contributed by atoms with Crippen LogP contribution in [0.25, 0.3) is 0 Å². The average molecular weight is 222 g/mol. The van der Waals surface area contributed by atoms with E-state index in [2.05, 4.69) is 31.5 Å². The lowest BCUT2D eigenvalue weighted by Crippen LogP contribution is -2.32. The minimum Gasteiger partial charge on any atom is -0.328 e. The molecule has 1 heterocycles. The largest absolute Gasteiger partial charge is 0.328 e. The molecule has 0 aliphatic rings. The van der Waals surface area contributed by atoms with Gasteiger partial charge in [-0.05, 0) is 7.05 Å². The van der Waals surface area contributed by atoms with Crippen LogP contribution in [0.1, 0.15) is 0 Å². The molecule has 0 aliphatic carbocycles. The van der Waals surface area contributed by atoms with Crippen molar-refractivity contribution in [3.63, 3.8) is 0 Å². The van der Waals surface area contributed by atoms with Crippen molar-refractivity contribution in [1.29, 1.82) is 0 Å². The summed E-state index contributed by atoms with van der Waals surface area (Å²) in [6.07, 6.45) is 6.32. The molecular formula is C9H14N6O. The van der Waals surface area contributed by atoms with Crippen LogP contribution in [-0.4, -0.2) is 42.3 Å². The summed E-state index contributed by atoms with van der Waals surface area (Å²) in [5, 5.41) is 7.19. The molecule has 1 aromatic heterocycles. The zero-order chi connectivity index (χ0) is 12.0. The van der Waals surface area contributed by atoms with E-state index in [1.807, 2.05) is 0 Å². The van der Waals surface area contributed by atoms with Crippen molar-refractivity contribution in [3.05, 3.63) is 6.33 Å². The fraction of sp³-hybridized carbons (Fsp3) is 0.444. The number of terminal acetylenes is 1. The fourth-order valence-corrected chi connectivity index (χ4v) is 0.917. The van der Waals surface area contributed by atoms with Crippen molar-refractivity contribution >= 4 is 11.9 Å². The zero-order valence-corrected chi connectivity index (χ0v) is 9.43. The maximum absolute atomic E-state index is 5.27. The Kier molecular flexibility index (Phi) is 4.44. The number of rotatable bonds is 5. The number of hydrogen-bond donors (Lipinski definition) is 2. The Morgan fingerprint density at radius 1 is 1.56 bits per heavy atom. The molecule has 1 rings (SSSR count). The highest BCUT2D eigenvalue weighted by atomic mass is 16.7. The monoisotopic (exact) mass is 222 g/mol. The standard InChI is InChI=1S/C9H14N6O/c1-5-7(10-2)13-8-11-6-12-9(14-8)15(3)16-4/h1,6-7,10H,2-4H3,(H,11,12,13,14). The van der Waals surface area contributed by atoms with Crippen LogP contribution in [0.2, 0.25) is 0 Å². The Morgan fingerprint density at radius 2 is 2.31 bits per heavy atom. The van der Waals surface area contributed by atoms with Crippen molar-refractivity contribution in [3.8, 4) is 12.3 Å². The van der Waals surface area contributed by atoms with Crippen molar-refractivity contribution in [1.82, 2.24) is 20.3 Å². The molecule has 0 saturated carbocycles. The molecule has 0 spiro atoms. The van der Waals surface area contributed by atoms with Crippen molar-refractivity contribution in [2.75, 3.05) is 31.6 Å². The van der Waals surface area contributed by atoms with Gasteiger partial charge in [0.15, 0.2) is 0 Å². The molecule has 1 atom stereocenters. The summed E-state index contributed by atoms with van der Waals surface area (Å²) in [6, 6.07) is 0. The van der Waals surface area contributed by atoms with Crippen molar-refractivity contribution < 1.29 is 4.84 Å². The number of anilines is 2. The van der Waals surface area contributed by atoms with Gasteiger partial charge in [-0.1, -0.05) is 5.92 Å². The lowest BCUT2D eigenvalue weighted by molar-refractivity contribution is 0.180. The van der Waals surface area contributed by atoms with Crippen molar-refractivity contribution in [2.45, 2.75) is 6.17 Å². The molecule has 0 saturated heterocycles. The van der Waals surface area contributed by atoms with E-state index in [1.165, 1.54) is 18.5 Å². The molecule has 7 heteroatoms. The minimum absolute atomic E-state index is 0.330. The molecule has 1 unspecified atom stereocenters. The molecule has 86 valence electrons. The van der Waals surface area contributed by atoms with Crippen LogP contribution in [0.5, 0.6) is 0 Å². The van der Waals surface area contributed by atoms with E-state index >= 15 is 0 Å². The highest BCUT2D eigenvalue weighted by Gasteiger charge is 2.07. The molecule has 16 heavy (non-hydrogen) atoms. The van der Waals surface area contributed by atoms with Gasteiger partial charge in [0.25, 0.3) is 5.95 Å². The predicted octanol–water partition coefficient (Wildman–Crippen LogP) is -0.540. The fourth-order valence-electron chi connectivity index (χ4n) is 0.917. The number of nitrogens with zero attached hydrogens (tertiary/aromatic N) is 4. The van der Waals surface area contributed by atoms with Crippen LogP contribution < -0.4 is 15.7 Å². The number of hydrogen-bond acceptors (Lipinski definition) is 7. The molecule has 0 amide bonds. The third kappa shape index (κ3) is 3.05. The van der Waals surface area contributed by atoms with Gasteiger partial charge in [-0.3, -0.25) is 10.2 Å². The third-order valence-electron chi connectivity index (χ3n) is 1.84. The summed E-state index contributed by atoms with van der Waals surface area (Å²) in [5.74, 6) is 3.27. The highest BCUT2D eigenvalue weighted by Crippen LogP contribution is 2.06. The first-order valence-electron chi connectivity index (χ1n) is 4.58. The highest BCUT2D eigenvalue weighted by molar-refractivity contribution is 5.35. The molecule has 7 nitrogen and oxygen atoms in total. The van der Waals surface area contributed by atoms with Gasteiger partial charge in [-0.25, -0.2) is 10.0 Å². The average Bonchev–Trinajstić information content (AvgIpc) is 2.35. The number of nitrogens with one attached hydrogen (secondary N) is 2. The van der Waals surface area contributed by atoms with Gasteiger partial charge >= 0.3 is 0 Å². The second-order valence-electron chi connectivity index (χ2n) is 2.82. The summed E-state index contributed by atoms with van der Waals surface area (Å²) in [5.41, 5.74) is 0. The van der Waals surface area contributed by atoms with E-state index in [-0.39, 0.29) is 6.17 Å². The van der Waals surface area contributed by atoms with E-state index in [1.54, 1.807) is 14.1 Å². The van der Waals surface area contributed by atoms with Gasteiger partial charge in [0, 0.05) is 7.05 Å². The number of hydroxylamine groups is 1. The molecule has 0 bridgehead atoms. The van der Waals surface area contributed by atoms with Gasteiger partial charge in [0.2, 0.25) is 5.95 Å². The van der Waals surface area contributed by atoms with Crippen LogP contribution in [0.4, 0.5) is 11.9 Å². The summed E-state index contributed by atoms with van der Waals surface area (Å²) in [6.45, 7) is 0. The SMILES string of the molecule is C#CC(NC)Nc1ncnc(N(C)OC)n1. The van der Waals surface area contributed by atoms with Crippen LogP contribution in [0, 0.1) is 12.3 Å². The van der Waals surface area contributed by atoms with Crippen LogP contribution in [-0.2, 0) is 4.84 Å². The Bertz CT molecular complexity index is 377. The van der Waals surface area contributed by atoms with E-state index < -0.39 is 0 Å². The quantitative estimate of drug-likeness (QED) is 0.393. The second kappa shape index (κ2) is 5.85. The minimum atomic E-state index is -0.330. The van der Waals surface area contributed by atoms with E-state index in [0.717, 1.165) is 0 Å². The van der Waals surface area contributed by atoms with Crippen molar-refractivity contribution in [2.24, 2.45) is 0 Å². The topological polar surface area (TPSA) is 75.2 Å². The Labute approximate surface area is 94.2 Å². The van der Waals surface area contributed by atoms with Crippen LogP contribution >= 0.6 is 0 Å². The van der Waals surface area contributed by atoms with E-state index in [9.17, 15) is 0 Å². The zero-order valence-electron chi connectivity index (χ0n) is 9.43. The molecule has 2 N–H and O–H groups in total. The molecule has 0 radical (unpaired) electrons. The van der Waals surface area contributed by atoms with Crippen LogP contribution in [0.15, 0.2) is 6.33 Å². The molecule has 0 aromatic carbocycles. The normalized spacial score (nSPS) is 11.6. The Hall–Kier alpha value is -1.91. The summed E-state index contributed by atoms with van der Waals surface area (Å²) in [7, 11) is 4.95. The van der Waals surface area contributed by atoms with Gasteiger partial charge in [-0.2, -0.15) is 9.97 Å². The first-order chi connectivity index (χ1) is 7.71. The Balaban J connectivity index is 2.79. The third-order valence-corrected chi connectivity index (χ3v) is 1.84. The smallest absolute Gasteiger partial charge is 0.254 e. The summed E-state index contributed by atoms with van der Waals surface area (Å²) in [4.78, 5) is 16.9. The lowest BCUT2D eigenvalue weighted by atomic mass is 10.5. The van der Waals surface area contributed by atoms with Gasteiger partial charge in [-0.15, -0.1) is 6.42 Å².